The van der Waals surface area contributed by atoms with Crippen LogP contribution in [0.25, 0.3) is 0 Å². The number of hydroxylamine groups is 1. The van der Waals surface area contributed by atoms with Gasteiger partial charge in [0.05, 0.1) is 19.4 Å². The molecule has 3 heteroatoms. The van der Waals surface area contributed by atoms with E-state index in [-0.39, 0.29) is 0 Å². The second-order valence-electron chi connectivity index (χ2n) is 4.96. The number of fused-ring (bicyclic) bond motifs is 1. The lowest BCUT2D eigenvalue weighted by Crippen LogP contribution is -2.29. The van der Waals surface area contributed by atoms with Crippen molar-refractivity contribution < 1.29 is 9.57 Å². The van der Waals surface area contributed by atoms with Crippen LogP contribution in [0.1, 0.15) is 17.5 Å². The highest BCUT2D eigenvalue weighted by atomic mass is 16.7. The van der Waals surface area contributed by atoms with Gasteiger partial charge in [0.1, 0.15) is 5.75 Å². The van der Waals surface area contributed by atoms with Crippen molar-refractivity contribution in [3.63, 3.8) is 0 Å². The van der Waals surface area contributed by atoms with Crippen LogP contribution in [-0.4, -0.2) is 13.7 Å². The van der Waals surface area contributed by atoms with Crippen LogP contribution < -0.4 is 9.80 Å². The van der Waals surface area contributed by atoms with Crippen LogP contribution in [0.2, 0.25) is 0 Å². The van der Waals surface area contributed by atoms with E-state index in [4.69, 9.17) is 9.57 Å². The smallest absolute Gasteiger partial charge is 0.121 e. The average molecular weight is 269 g/mol. The highest BCUT2D eigenvalue weighted by Crippen LogP contribution is 2.31. The minimum atomic E-state index is 0.595. The third kappa shape index (κ3) is 2.78. The van der Waals surface area contributed by atoms with Crippen LogP contribution in [0, 0.1) is 0 Å². The first-order valence-electron chi connectivity index (χ1n) is 6.98. The molecular weight excluding hydrogens is 250 g/mol. The van der Waals surface area contributed by atoms with E-state index in [0.29, 0.717) is 6.61 Å². The predicted octanol–water partition coefficient (Wildman–Crippen LogP) is 3.58. The maximum atomic E-state index is 5.97. The summed E-state index contributed by atoms with van der Waals surface area (Å²) < 4.78 is 5.31. The number of methoxy groups -OCH3 is 1. The predicted molar refractivity (Wildman–Crippen MR) is 79.9 cm³/mol. The molecule has 3 rings (SSSR count). The molecule has 0 N–H and O–H groups in total. The van der Waals surface area contributed by atoms with Crippen LogP contribution in [0.4, 0.5) is 5.69 Å². The van der Waals surface area contributed by atoms with Crippen molar-refractivity contribution in [1.29, 1.82) is 0 Å². The van der Waals surface area contributed by atoms with Crippen molar-refractivity contribution in [2.75, 3.05) is 18.7 Å². The molecule has 0 saturated heterocycles. The Kier molecular flexibility index (Phi) is 3.88. The zero-order chi connectivity index (χ0) is 13.8. The molecule has 1 aliphatic heterocycles. The minimum absolute atomic E-state index is 0.595. The van der Waals surface area contributed by atoms with Gasteiger partial charge in [-0.1, -0.05) is 36.4 Å². The lowest BCUT2D eigenvalue weighted by Gasteiger charge is -2.30. The fourth-order valence-electron chi connectivity index (χ4n) is 2.51. The van der Waals surface area contributed by atoms with Gasteiger partial charge >= 0.3 is 0 Å². The van der Waals surface area contributed by atoms with Crippen molar-refractivity contribution in [3.8, 4) is 5.75 Å². The Balaban J connectivity index is 1.75. The number of anilines is 1. The topological polar surface area (TPSA) is 21.7 Å². The molecule has 2 aromatic carbocycles. The van der Waals surface area contributed by atoms with Gasteiger partial charge in [0.2, 0.25) is 0 Å². The zero-order valence-corrected chi connectivity index (χ0v) is 11.7. The Morgan fingerprint density at radius 1 is 1.10 bits per heavy atom. The number of aryl methyl sites for hydroxylation is 1. The van der Waals surface area contributed by atoms with Gasteiger partial charge < -0.3 is 4.74 Å². The molecule has 0 unspecified atom stereocenters. The Bertz CT molecular complexity index is 568. The Morgan fingerprint density at radius 2 is 1.95 bits per heavy atom. The molecule has 0 aromatic heterocycles. The number of ether oxygens (including phenoxy) is 1. The van der Waals surface area contributed by atoms with Crippen LogP contribution in [-0.2, 0) is 17.9 Å². The molecule has 20 heavy (non-hydrogen) atoms. The van der Waals surface area contributed by atoms with E-state index in [1.165, 1.54) is 11.1 Å². The van der Waals surface area contributed by atoms with Crippen LogP contribution >= 0.6 is 0 Å². The summed E-state index contributed by atoms with van der Waals surface area (Å²) in [5.41, 5.74) is 3.64. The lowest BCUT2D eigenvalue weighted by molar-refractivity contribution is 0.0906. The number of rotatable bonds is 4. The molecule has 1 heterocycles. The maximum absolute atomic E-state index is 5.97. The Morgan fingerprint density at radius 3 is 2.75 bits per heavy atom. The summed E-state index contributed by atoms with van der Waals surface area (Å²) >= 11 is 0. The molecule has 1 aliphatic rings. The molecular formula is C17H19NO2. The summed E-state index contributed by atoms with van der Waals surface area (Å²) in [5.74, 6) is 0.874. The first kappa shape index (κ1) is 13.0. The normalized spacial score (nSPS) is 13.9. The third-order valence-electron chi connectivity index (χ3n) is 3.60. The number of benzene rings is 2. The van der Waals surface area contributed by atoms with Crippen LogP contribution in [0.15, 0.2) is 48.5 Å². The van der Waals surface area contributed by atoms with Crippen LogP contribution in [0.5, 0.6) is 5.75 Å². The number of nitrogens with zero attached hydrogens (tertiary/aromatic N) is 1. The van der Waals surface area contributed by atoms with E-state index in [0.717, 1.165) is 30.8 Å². The van der Waals surface area contributed by atoms with E-state index in [2.05, 4.69) is 24.3 Å². The van der Waals surface area contributed by atoms with Crippen molar-refractivity contribution in [2.45, 2.75) is 19.4 Å². The summed E-state index contributed by atoms with van der Waals surface area (Å²) in [6, 6.07) is 16.4. The molecule has 0 aliphatic carbocycles. The monoisotopic (exact) mass is 269 g/mol. The Labute approximate surface area is 119 Å². The van der Waals surface area contributed by atoms with E-state index >= 15 is 0 Å². The molecule has 3 nitrogen and oxygen atoms in total. The summed E-state index contributed by atoms with van der Waals surface area (Å²) in [6.07, 6.45) is 2.22. The van der Waals surface area contributed by atoms with Crippen molar-refractivity contribution in [3.05, 3.63) is 59.7 Å². The van der Waals surface area contributed by atoms with E-state index < -0.39 is 0 Å². The third-order valence-corrected chi connectivity index (χ3v) is 3.60. The fourth-order valence-corrected chi connectivity index (χ4v) is 2.51. The summed E-state index contributed by atoms with van der Waals surface area (Å²) in [5, 5.41) is 1.99. The molecule has 0 saturated carbocycles. The van der Waals surface area contributed by atoms with Gasteiger partial charge in [-0.15, -0.1) is 0 Å². The molecule has 104 valence electrons. The summed E-state index contributed by atoms with van der Waals surface area (Å²) in [6.45, 7) is 1.52. The quantitative estimate of drug-likeness (QED) is 0.846. The molecule has 0 fully saturated rings. The van der Waals surface area contributed by atoms with Gasteiger partial charge in [-0.05, 0) is 30.0 Å². The highest BCUT2D eigenvalue weighted by molar-refractivity contribution is 5.57. The fraction of sp³-hybridized carbons (Fsp3) is 0.294. The SMILES string of the molecule is COc1ccc2c(c1)N(OCc1ccccc1)CCC2. The molecule has 0 amide bonds. The standard InChI is InChI=1S/C17H19NO2/c1-19-16-10-9-15-8-5-11-18(17(15)12-16)20-13-14-6-3-2-4-7-14/h2-4,6-7,9-10,12H,5,8,11,13H2,1H3. The lowest BCUT2D eigenvalue weighted by atomic mass is 10.0. The molecule has 0 atom stereocenters. The first-order valence-corrected chi connectivity index (χ1v) is 6.98. The highest BCUT2D eigenvalue weighted by Gasteiger charge is 2.18. The first-order chi connectivity index (χ1) is 9.86. The zero-order valence-electron chi connectivity index (χ0n) is 11.7. The Hall–Kier alpha value is -2.00. The number of hydrogen-bond acceptors (Lipinski definition) is 3. The minimum Gasteiger partial charge on any atom is -0.497 e. The van der Waals surface area contributed by atoms with E-state index in [1.54, 1.807) is 7.11 Å². The summed E-state index contributed by atoms with van der Waals surface area (Å²) in [4.78, 5) is 5.97. The second kappa shape index (κ2) is 5.97. The van der Waals surface area contributed by atoms with Gasteiger partial charge in [-0.3, -0.25) is 9.90 Å². The van der Waals surface area contributed by atoms with E-state index in [1.807, 2.05) is 29.3 Å². The summed E-state index contributed by atoms with van der Waals surface area (Å²) in [7, 11) is 1.69. The van der Waals surface area contributed by atoms with Gasteiger partial charge in [-0.2, -0.15) is 0 Å². The van der Waals surface area contributed by atoms with Gasteiger partial charge in [0, 0.05) is 12.6 Å². The molecule has 0 spiro atoms. The number of hydrogen-bond donors (Lipinski definition) is 0. The van der Waals surface area contributed by atoms with Crippen LogP contribution in [0.3, 0.4) is 0 Å². The average Bonchev–Trinajstić information content (AvgIpc) is 2.53. The van der Waals surface area contributed by atoms with Crippen molar-refractivity contribution in [2.24, 2.45) is 0 Å². The molecule has 0 radical (unpaired) electrons. The molecule has 2 aromatic rings. The van der Waals surface area contributed by atoms with Crippen molar-refractivity contribution in [1.82, 2.24) is 0 Å². The maximum Gasteiger partial charge on any atom is 0.121 e. The van der Waals surface area contributed by atoms with E-state index in [9.17, 15) is 0 Å². The second-order valence-corrected chi connectivity index (χ2v) is 4.96. The van der Waals surface area contributed by atoms with Gasteiger partial charge in [0.25, 0.3) is 0 Å². The van der Waals surface area contributed by atoms with Gasteiger partial charge in [-0.25, -0.2) is 0 Å². The van der Waals surface area contributed by atoms with Crippen molar-refractivity contribution >= 4 is 5.69 Å². The molecule has 0 bridgehead atoms. The largest absolute Gasteiger partial charge is 0.497 e. The van der Waals surface area contributed by atoms with Gasteiger partial charge in [0.15, 0.2) is 0 Å².